The molecule has 28 heavy (non-hydrogen) atoms. The third-order valence-corrected chi connectivity index (χ3v) is 4.46. The van der Waals surface area contributed by atoms with Crippen LogP contribution in [-0.4, -0.2) is 42.3 Å². The zero-order valence-corrected chi connectivity index (χ0v) is 16.6. The van der Waals surface area contributed by atoms with Crippen molar-refractivity contribution in [2.24, 2.45) is 5.41 Å². The Balaban J connectivity index is 1.72. The first-order chi connectivity index (χ1) is 13.4. The van der Waals surface area contributed by atoms with Gasteiger partial charge in [0.1, 0.15) is 12.4 Å². The number of carbonyl (C=O) groups is 1. The van der Waals surface area contributed by atoms with Gasteiger partial charge in [-0.15, -0.1) is 0 Å². The maximum Gasteiger partial charge on any atom is 0.168 e. The van der Waals surface area contributed by atoms with E-state index in [2.05, 4.69) is 11.1 Å². The lowest BCUT2D eigenvalue weighted by Crippen LogP contribution is -2.19. The van der Waals surface area contributed by atoms with Crippen molar-refractivity contribution in [2.75, 3.05) is 26.4 Å². The van der Waals surface area contributed by atoms with Crippen LogP contribution in [0.2, 0.25) is 0 Å². The fraction of sp³-hybridized carbons (Fsp3) is 0.348. The number of carbonyl (C=O) groups excluding carboxylic acids is 1. The summed E-state index contributed by atoms with van der Waals surface area (Å²) in [5, 5.41) is 9.69. The lowest BCUT2D eigenvalue weighted by molar-refractivity contribution is 0.0705. The van der Waals surface area contributed by atoms with Gasteiger partial charge in [-0.05, 0) is 54.1 Å². The van der Waals surface area contributed by atoms with Gasteiger partial charge < -0.3 is 19.6 Å². The molecule has 1 aromatic heterocycles. The van der Waals surface area contributed by atoms with Crippen LogP contribution in [0.5, 0.6) is 5.75 Å². The van der Waals surface area contributed by atoms with Gasteiger partial charge >= 0.3 is 0 Å². The van der Waals surface area contributed by atoms with Crippen LogP contribution in [0.25, 0.3) is 22.2 Å². The van der Waals surface area contributed by atoms with Crippen molar-refractivity contribution < 1.29 is 19.4 Å². The highest BCUT2D eigenvalue weighted by Crippen LogP contribution is 2.28. The third-order valence-electron chi connectivity index (χ3n) is 4.46. The average molecular weight is 381 g/mol. The van der Waals surface area contributed by atoms with Gasteiger partial charge in [0.2, 0.25) is 0 Å². The van der Waals surface area contributed by atoms with Gasteiger partial charge in [-0.1, -0.05) is 20.8 Å². The standard InChI is InChI=1S/C23H27NO4/c1-23(2,3)22(26)17-6-9-20-18(14-17)15-21(24-20)16-4-7-19(8-5-16)28-13-12-27-11-10-25/h4-9,14-15,24-25H,10-13H2,1-3H3. The molecule has 0 fully saturated rings. The number of rotatable bonds is 8. The molecule has 0 spiro atoms. The molecule has 5 heteroatoms. The molecule has 0 aliphatic rings. The normalized spacial score (nSPS) is 11.7. The summed E-state index contributed by atoms with van der Waals surface area (Å²) in [4.78, 5) is 15.9. The van der Waals surface area contributed by atoms with E-state index in [9.17, 15) is 4.79 Å². The van der Waals surface area contributed by atoms with Crippen molar-refractivity contribution >= 4 is 16.7 Å². The van der Waals surface area contributed by atoms with E-state index in [0.29, 0.717) is 19.8 Å². The van der Waals surface area contributed by atoms with Gasteiger partial charge in [0.05, 0.1) is 19.8 Å². The maximum atomic E-state index is 12.5. The van der Waals surface area contributed by atoms with Crippen molar-refractivity contribution in [1.29, 1.82) is 0 Å². The number of aliphatic hydroxyl groups is 1. The topological polar surface area (TPSA) is 71.6 Å². The van der Waals surface area contributed by atoms with Crippen LogP contribution in [0.1, 0.15) is 31.1 Å². The lowest BCUT2D eigenvalue weighted by atomic mass is 9.86. The molecule has 0 radical (unpaired) electrons. The molecule has 3 rings (SSSR count). The third kappa shape index (κ3) is 4.80. The Kier molecular flexibility index (Phi) is 6.17. The van der Waals surface area contributed by atoms with Gasteiger partial charge in [0.15, 0.2) is 5.78 Å². The van der Waals surface area contributed by atoms with Crippen LogP contribution in [0, 0.1) is 5.41 Å². The fourth-order valence-corrected chi connectivity index (χ4v) is 2.98. The molecular weight excluding hydrogens is 354 g/mol. The zero-order valence-electron chi connectivity index (χ0n) is 16.6. The SMILES string of the molecule is CC(C)(C)C(=O)c1ccc2[nH]c(-c3ccc(OCCOCCO)cc3)cc2c1. The maximum absolute atomic E-state index is 12.5. The highest BCUT2D eigenvalue weighted by Gasteiger charge is 2.23. The summed E-state index contributed by atoms with van der Waals surface area (Å²) >= 11 is 0. The molecule has 5 nitrogen and oxygen atoms in total. The number of aliphatic hydroxyl groups excluding tert-OH is 1. The molecule has 0 bridgehead atoms. The number of Topliss-reactive ketones (excluding diaryl/α,β-unsaturated/α-hetero) is 1. The van der Waals surface area contributed by atoms with Crippen LogP contribution in [-0.2, 0) is 4.74 Å². The number of hydrogen-bond acceptors (Lipinski definition) is 4. The second kappa shape index (κ2) is 8.59. The van der Waals surface area contributed by atoms with Crippen LogP contribution in [0.4, 0.5) is 0 Å². The number of hydrogen-bond donors (Lipinski definition) is 2. The second-order valence-electron chi connectivity index (χ2n) is 7.77. The highest BCUT2D eigenvalue weighted by atomic mass is 16.5. The highest BCUT2D eigenvalue weighted by molar-refractivity contribution is 6.03. The Morgan fingerprint density at radius 1 is 1.00 bits per heavy atom. The number of nitrogens with one attached hydrogen (secondary N) is 1. The molecule has 0 saturated carbocycles. The minimum Gasteiger partial charge on any atom is -0.491 e. The van der Waals surface area contributed by atoms with E-state index in [1.807, 2.05) is 63.2 Å². The molecule has 0 aliphatic heterocycles. The number of aromatic nitrogens is 1. The van der Waals surface area contributed by atoms with Crippen molar-refractivity contribution in [3.8, 4) is 17.0 Å². The Hall–Kier alpha value is -2.63. The average Bonchev–Trinajstić information content (AvgIpc) is 3.10. The largest absolute Gasteiger partial charge is 0.491 e. The molecule has 2 aromatic carbocycles. The Bertz CT molecular complexity index is 935. The van der Waals surface area contributed by atoms with Crippen LogP contribution in [0.3, 0.4) is 0 Å². The number of ether oxygens (including phenoxy) is 2. The quantitative estimate of drug-likeness (QED) is 0.447. The minimum absolute atomic E-state index is 0.0189. The van der Waals surface area contributed by atoms with Gasteiger partial charge in [-0.25, -0.2) is 0 Å². The lowest BCUT2D eigenvalue weighted by Gasteiger charge is -2.16. The first kappa shape index (κ1) is 20.1. The summed E-state index contributed by atoms with van der Waals surface area (Å²) in [6.45, 7) is 7.03. The van der Waals surface area contributed by atoms with E-state index in [0.717, 1.165) is 33.5 Å². The number of aromatic amines is 1. The summed E-state index contributed by atoms with van der Waals surface area (Å²) < 4.78 is 10.8. The van der Waals surface area contributed by atoms with E-state index < -0.39 is 5.41 Å². The molecule has 2 N–H and O–H groups in total. The molecule has 3 aromatic rings. The first-order valence-corrected chi connectivity index (χ1v) is 9.48. The van der Waals surface area contributed by atoms with E-state index in [-0.39, 0.29) is 12.4 Å². The van der Waals surface area contributed by atoms with Crippen LogP contribution in [0.15, 0.2) is 48.5 Å². The Morgan fingerprint density at radius 2 is 1.75 bits per heavy atom. The summed E-state index contributed by atoms with van der Waals surface area (Å²) in [7, 11) is 0. The summed E-state index contributed by atoms with van der Waals surface area (Å²) in [6.07, 6.45) is 0. The fourth-order valence-electron chi connectivity index (χ4n) is 2.98. The van der Waals surface area contributed by atoms with E-state index in [1.54, 1.807) is 0 Å². The number of H-pyrrole nitrogens is 1. The van der Waals surface area contributed by atoms with Crippen molar-refractivity contribution in [2.45, 2.75) is 20.8 Å². The minimum atomic E-state index is -0.397. The van der Waals surface area contributed by atoms with Crippen molar-refractivity contribution in [3.05, 3.63) is 54.1 Å². The second-order valence-corrected chi connectivity index (χ2v) is 7.77. The Labute approximate surface area is 165 Å². The number of ketones is 1. The molecule has 0 amide bonds. The summed E-state index contributed by atoms with van der Waals surface area (Å²) in [5.74, 6) is 0.909. The van der Waals surface area contributed by atoms with Gasteiger partial charge in [-0.2, -0.15) is 0 Å². The molecule has 0 unspecified atom stereocenters. The Morgan fingerprint density at radius 3 is 2.43 bits per heavy atom. The molecular formula is C23H27NO4. The first-order valence-electron chi connectivity index (χ1n) is 9.48. The smallest absolute Gasteiger partial charge is 0.168 e. The number of fused-ring (bicyclic) bond motifs is 1. The molecule has 0 aliphatic carbocycles. The van der Waals surface area contributed by atoms with Gasteiger partial charge in [0.25, 0.3) is 0 Å². The monoisotopic (exact) mass is 381 g/mol. The number of benzene rings is 2. The zero-order chi connectivity index (χ0) is 20.1. The van der Waals surface area contributed by atoms with E-state index in [4.69, 9.17) is 14.6 Å². The van der Waals surface area contributed by atoms with E-state index >= 15 is 0 Å². The van der Waals surface area contributed by atoms with Crippen molar-refractivity contribution in [3.63, 3.8) is 0 Å². The van der Waals surface area contributed by atoms with E-state index in [1.165, 1.54) is 0 Å². The van der Waals surface area contributed by atoms with Crippen LogP contribution >= 0.6 is 0 Å². The molecule has 1 heterocycles. The summed E-state index contributed by atoms with van der Waals surface area (Å²) in [6, 6.07) is 15.7. The summed E-state index contributed by atoms with van der Waals surface area (Å²) in [5.41, 5.74) is 3.38. The predicted molar refractivity (Wildman–Crippen MR) is 111 cm³/mol. The van der Waals surface area contributed by atoms with Gasteiger partial charge in [0, 0.05) is 27.6 Å². The molecule has 0 atom stereocenters. The van der Waals surface area contributed by atoms with Gasteiger partial charge in [-0.3, -0.25) is 4.79 Å². The molecule has 148 valence electrons. The molecule has 0 saturated heterocycles. The van der Waals surface area contributed by atoms with Crippen molar-refractivity contribution in [1.82, 2.24) is 4.98 Å². The van der Waals surface area contributed by atoms with Crippen LogP contribution < -0.4 is 4.74 Å². The predicted octanol–water partition coefficient (Wildman–Crippen LogP) is 4.45.